The Kier molecular flexibility index (Phi) is 5.05. The second-order valence-electron chi connectivity index (χ2n) is 4.98. The van der Waals surface area contributed by atoms with Crippen molar-refractivity contribution in [2.75, 3.05) is 27.3 Å². The third-order valence-corrected chi connectivity index (χ3v) is 3.37. The van der Waals surface area contributed by atoms with E-state index in [0.717, 1.165) is 36.4 Å². The normalized spacial score (nSPS) is 22.5. The van der Waals surface area contributed by atoms with E-state index in [1.165, 1.54) is 0 Å². The third kappa shape index (κ3) is 3.85. The Bertz CT molecular complexity index is 408. The van der Waals surface area contributed by atoms with Crippen molar-refractivity contribution in [3.8, 4) is 11.5 Å². The number of hydrogen-bond acceptors (Lipinski definition) is 4. The second-order valence-corrected chi connectivity index (χ2v) is 4.98. The molecule has 1 fully saturated rings. The van der Waals surface area contributed by atoms with Gasteiger partial charge in [0.05, 0.1) is 19.3 Å². The van der Waals surface area contributed by atoms with E-state index in [0.29, 0.717) is 12.7 Å². The smallest absolute Gasteiger partial charge is 0.161 e. The minimum atomic E-state index is 0.185. The summed E-state index contributed by atoms with van der Waals surface area (Å²) < 4.78 is 17.0. The Hall–Kier alpha value is -1.26. The summed E-state index contributed by atoms with van der Waals surface area (Å²) in [6.07, 6.45) is 2.66. The van der Waals surface area contributed by atoms with Gasteiger partial charge in [0, 0.05) is 6.54 Å². The lowest BCUT2D eigenvalue weighted by molar-refractivity contribution is 0.0188. The minimum absolute atomic E-state index is 0.185. The van der Waals surface area contributed by atoms with E-state index in [2.05, 4.69) is 5.32 Å². The minimum Gasteiger partial charge on any atom is -0.493 e. The highest BCUT2D eigenvalue weighted by atomic mass is 16.6. The van der Waals surface area contributed by atoms with Gasteiger partial charge in [-0.3, -0.25) is 0 Å². The van der Waals surface area contributed by atoms with Crippen LogP contribution < -0.4 is 14.8 Å². The van der Waals surface area contributed by atoms with E-state index < -0.39 is 0 Å². The van der Waals surface area contributed by atoms with Gasteiger partial charge in [0.1, 0.15) is 6.61 Å². The molecule has 1 aromatic carbocycles. The molecular formula is C15H23NO3. The van der Waals surface area contributed by atoms with Crippen LogP contribution in [0.2, 0.25) is 0 Å². The second kappa shape index (κ2) is 6.78. The zero-order valence-electron chi connectivity index (χ0n) is 11.9. The average Bonchev–Trinajstić information content (AvgIpc) is 2.85. The Morgan fingerprint density at radius 3 is 2.79 bits per heavy atom. The highest BCUT2D eigenvalue weighted by molar-refractivity contribution is 5.42. The SMILES string of the molecule is CNCC1CCC(COc2ccc(C)cc2OC)O1. The predicted octanol–water partition coefficient (Wildman–Crippen LogP) is 2.15. The quantitative estimate of drug-likeness (QED) is 0.855. The summed E-state index contributed by atoms with van der Waals surface area (Å²) in [4.78, 5) is 0. The number of likely N-dealkylation sites (N-methyl/N-ethyl adjacent to an activating group) is 1. The van der Waals surface area contributed by atoms with Crippen molar-refractivity contribution in [1.82, 2.24) is 5.32 Å². The van der Waals surface area contributed by atoms with Crippen molar-refractivity contribution in [3.63, 3.8) is 0 Å². The van der Waals surface area contributed by atoms with Gasteiger partial charge in [0.25, 0.3) is 0 Å². The molecule has 0 aliphatic carbocycles. The van der Waals surface area contributed by atoms with Gasteiger partial charge in [-0.15, -0.1) is 0 Å². The molecule has 0 bridgehead atoms. The summed E-state index contributed by atoms with van der Waals surface area (Å²) in [5, 5.41) is 3.14. The molecular weight excluding hydrogens is 242 g/mol. The fourth-order valence-corrected chi connectivity index (χ4v) is 2.36. The molecule has 19 heavy (non-hydrogen) atoms. The molecule has 0 aromatic heterocycles. The highest BCUT2D eigenvalue weighted by Gasteiger charge is 2.25. The molecule has 1 aromatic rings. The first-order chi connectivity index (χ1) is 9.22. The van der Waals surface area contributed by atoms with Crippen LogP contribution in [-0.2, 0) is 4.74 Å². The van der Waals surface area contributed by atoms with Gasteiger partial charge in [-0.2, -0.15) is 0 Å². The maximum atomic E-state index is 5.89. The Balaban J connectivity index is 1.86. The Labute approximate surface area is 115 Å². The van der Waals surface area contributed by atoms with Crippen LogP contribution in [0.5, 0.6) is 11.5 Å². The van der Waals surface area contributed by atoms with Gasteiger partial charge < -0.3 is 19.5 Å². The first kappa shape index (κ1) is 14.2. The van der Waals surface area contributed by atoms with Gasteiger partial charge in [-0.1, -0.05) is 6.07 Å². The van der Waals surface area contributed by atoms with Crippen molar-refractivity contribution in [3.05, 3.63) is 23.8 Å². The summed E-state index contributed by atoms with van der Waals surface area (Å²) >= 11 is 0. The standard InChI is InChI=1S/C15H23NO3/c1-11-4-7-14(15(8-11)17-3)18-10-13-6-5-12(19-13)9-16-2/h4,7-8,12-13,16H,5-6,9-10H2,1-3H3. The first-order valence-electron chi connectivity index (χ1n) is 6.80. The molecule has 1 aliphatic heterocycles. The third-order valence-electron chi connectivity index (χ3n) is 3.37. The van der Waals surface area contributed by atoms with Crippen LogP contribution >= 0.6 is 0 Å². The van der Waals surface area contributed by atoms with Crippen LogP contribution in [0, 0.1) is 6.92 Å². The molecule has 1 aliphatic rings. The van der Waals surface area contributed by atoms with Gasteiger partial charge in [-0.05, 0) is 44.5 Å². The van der Waals surface area contributed by atoms with Crippen molar-refractivity contribution < 1.29 is 14.2 Å². The number of nitrogens with one attached hydrogen (secondary N) is 1. The highest BCUT2D eigenvalue weighted by Crippen LogP contribution is 2.29. The molecule has 4 heteroatoms. The zero-order valence-corrected chi connectivity index (χ0v) is 11.9. The topological polar surface area (TPSA) is 39.7 Å². The maximum Gasteiger partial charge on any atom is 0.161 e. The van der Waals surface area contributed by atoms with Crippen molar-refractivity contribution in [2.45, 2.75) is 32.0 Å². The van der Waals surface area contributed by atoms with Gasteiger partial charge in [0.15, 0.2) is 11.5 Å². The van der Waals surface area contributed by atoms with Crippen molar-refractivity contribution >= 4 is 0 Å². The number of hydrogen-bond donors (Lipinski definition) is 1. The fraction of sp³-hybridized carbons (Fsp3) is 0.600. The van der Waals surface area contributed by atoms with Crippen molar-refractivity contribution in [1.29, 1.82) is 0 Å². The molecule has 0 radical (unpaired) electrons. The molecule has 0 amide bonds. The zero-order chi connectivity index (χ0) is 13.7. The number of benzene rings is 1. The summed E-state index contributed by atoms with van der Waals surface area (Å²) in [5.74, 6) is 1.57. The van der Waals surface area contributed by atoms with E-state index in [1.54, 1.807) is 7.11 Å². The molecule has 1 heterocycles. The molecule has 1 saturated heterocycles. The van der Waals surface area contributed by atoms with Gasteiger partial charge in [0.2, 0.25) is 0 Å². The molecule has 0 saturated carbocycles. The molecule has 2 atom stereocenters. The van der Waals surface area contributed by atoms with Crippen LogP contribution in [-0.4, -0.2) is 39.5 Å². The predicted molar refractivity (Wildman–Crippen MR) is 75.0 cm³/mol. The van der Waals surface area contributed by atoms with E-state index in [4.69, 9.17) is 14.2 Å². The van der Waals surface area contributed by atoms with Crippen LogP contribution in [0.4, 0.5) is 0 Å². The number of ether oxygens (including phenoxy) is 3. The number of rotatable bonds is 6. The summed E-state index contributed by atoms with van der Waals surface area (Å²) in [7, 11) is 3.61. The lowest BCUT2D eigenvalue weighted by Gasteiger charge is -2.16. The maximum absolute atomic E-state index is 5.89. The summed E-state index contributed by atoms with van der Waals surface area (Å²) in [5.41, 5.74) is 1.16. The molecule has 1 N–H and O–H groups in total. The van der Waals surface area contributed by atoms with Gasteiger partial charge >= 0.3 is 0 Å². The van der Waals surface area contributed by atoms with E-state index >= 15 is 0 Å². The average molecular weight is 265 g/mol. The Morgan fingerprint density at radius 1 is 1.26 bits per heavy atom. The Morgan fingerprint density at radius 2 is 2.05 bits per heavy atom. The first-order valence-corrected chi connectivity index (χ1v) is 6.80. The summed E-state index contributed by atoms with van der Waals surface area (Å²) in [6, 6.07) is 5.96. The molecule has 0 spiro atoms. The molecule has 2 rings (SSSR count). The molecule has 4 nitrogen and oxygen atoms in total. The fourth-order valence-electron chi connectivity index (χ4n) is 2.36. The number of methoxy groups -OCH3 is 1. The van der Waals surface area contributed by atoms with Crippen molar-refractivity contribution in [2.24, 2.45) is 0 Å². The number of aryl methyl sites for hydroxylation is 1. The van der Waals surface area contributed by atoms with Crippen LogP contribution in [0.3, 0.4) is 0 Å². The van der Waals surface area contributed by atoms with Gasteiger partial charge in [-0.25, -0.2) is 0 Å². The summed E-state index contributed by atoms with van der Waals surface area (Å²) in [6.45, 7) is 3.53. The monoisotopic (exact) mass is 265 g/mol. The lowest BCUT2D eigenvalue weighted by atomic mass is 10.2. The van der Waals surface area contributed by atoms with Crippen LogP contribution in [0.25, 0.3) is 0 Å². The molecule has 2 unspecified atom stereocenters. The largest absolute Gasteiger partial charge is 0.493 e. The van der Waals surface area contributed by atoms with E-state index in [9.17, 15) is 0 Å². The van der Waals surface area contributed by atoms with E-state index in [1.807, 2.05) is 32.2 Å². The lowest BCUT2D eigenvalue weighted by Crippen LogP contribution is -2.25. The van der Waals surface area contributed by atoms with E-state index in [-0.39, 0.29) is 6.10 Å². The molecule has 106 valence electrons. The van der Waals surface area contributed by atoms with Crippen LogP contribution in [0.15, 0.2) is 18.2 Å². The van der Waals surface area contributed by atoms with Crippen LogP contribution in [0.1, 0.15) is 18.4 Å².